The van der Waals surface area contributed by atoms with E-state index >= 15 is 0 Å². The number of amides is 1. The molecule has 1 heterocycles. The van der Waals surface area contributed by atoms with E-state index in [9.17, 15) is 4.79 Å². The summed E-state index contributed by atoms with van der Waals surface area (Å²) >= 11 is 0. The van der Waals surface area contributed by atoms with Crippen LogP contribution in [0.4, 0.5) is 11.4 Å². The van der Waals surface area contributed by atoms with Crippen LogP contribution in [-0.2, 0) is 0 Å². The van der Waals surface area contributed by atoms with E-state index in [-0.39, 0.29) is 5.91 Å². The molecule has 20 heavy (non-hydrogen) atoms. The summed E-state index contributed by atoms with van der Waals surface area (Å²) < 4.78 is 0. The van der Waals surface area contributed by atoms with Gasteiger partial charge in [0.15, 0.2) is 0 Å². The van der Waals surface area contributed by atoms with Crippen LogP contribution in [0.25, 0.3) is 10.8 Å². The molecular weight excluding hydrogens is 248 g/mol. The van der Waals surface area contributed by atoms with Crippen LogP contribution in [0.3, 0.4) is 0 Å². The fourth-order valence-corrected chi connectivity index (χ4v) is 3.73. The third-order valence-electron chi connectivity index (χ3n) is 4.70. The maximum absolute atomic E-state index is 12.8. The van der Waals surface area contributed by atoms with E-state index in [1.165, 1.54) is 19.3 Å². The van der Waals surface area contributed by atoms with E-state index in [0.717, 1.165) is 40.6 Å². The molecule has 2 aromatic rings. The van der Waals surface area contributed by atoms with Gasteiger partial charge in [0.25, 0.3) is 5.91 Å². The lowest BCUT2D eigenvalue weighted by molar-refractivity contribution is 0.0977. The maximum Gasteiger partial charge on any atom is 0.259 e. The van der Waals surface area contributed by atoms with Crippen LogP contribution in [-0.4, -0.2) is 11.9 Å². The number of nitrogen functional groups attached to an aromatic ring is 1. The molecule has 3 nitrogen and oxygen atoms in total. The van der Waals surface area contributed by atoms with Crippen LogP contribution < -0.4 is 10.6 Å². The second-order valence-electron chi connectivity index (χ2n) is 5.87. The monoisotopic (exact) mass is 266 g/mol. The molecule has 0 atom stereocenters. The number of hydrogen-bond acceptors (Lipinski definition) is 2. The fraction of sp³-hybridized carbons (Fsp3) is 0.353. The number of carbonyl (C=O) groups is 1. The van der Waals surface area contributed by atoms with Crippen LogP contribution in [0.1, 0.15) is 42.5 Å². The standard InChI is InChI=1S/C17H18N2O/c18-14-9-10-15-16-12(14)7-4-8-13(16)17(20)19(15)11-5-2-1-3-6-11/h4,7-11H,1-3,5-6,18H2. The molecule has 0 aromatic heterocycles. The zero-order valence-corrected chi connectivity index (χ0v) is 11.4. The molecule has 2 aliphatic rings. The second kappa shape index (κ2) is 4.23. The Bertz CT molecular complexity index is 701. The van der Waals surface area contributed by atoms with Gasteiger partial charge in [0, 0.05) is 28.1 Å². The van der Waals surface area contributed by atoms with Gasteiger partial charge in [-0.05, 0) is 31.0 Å². The lowest BCUT2D eigenvalue weighted by atomic mass is 9.94. The molecule has 2 N–H and O–H groups in total. The van der Waals surface area contributed by atoms with Gasteiger partial charge in [0.05, 0.1) is 5.69 Å². The van der Waals surface area contributed by atoms with E-state index in [1.807, 2.05) is 35.2 Å². The fourth-order valence-electron chi connectivity index (χ4n) is 3.73. The molecule has 1 aliphatic heterocycles. The summed E-state index contributed by atoms with van der Waals surface area (Å²) in [5.74, 6) is 0.156. The summed E-state index contributed by atoms with van der Waals surface area (Å²) in [4.78, 5) is 14.8. The molecule has 0 spiro atoms. The van der Waals surface area contributed by atoms with E-state index < -0.39 is 0 Å². The largest absolute Gasteiger partial charge is 0.398 e. The van der Waals surface area contributed by atoms with Crippen LogP contribution in [0.15, 0.2) is 30.3 Å². The average Bonchev–Trinajstić information content (AvgIpc) is 2.78. The normalized spacial score (nSPS) is 19.0. The molecule has 0 bridgehead atoms. The van der Waals surface area contributed by atoms with Crippen LogP contribution in [0.2, 0.25) is 0 Å². The van der Waals surface area contributed by atoms with Gasteiger partial charge in [-0.15, -0.1) is 0 Å². The Morgan fingerprint density at radius 2 is 1.85 bits per heavy atom. The third-order valence-corrected chi connectivity index (χ3v) is 4.70. The topological polar surface area (TPSA) is 46.3 Å². The van der Waals surface area contributed by atoms with Crippen LogP contribution in [0, 0.1) is 0 Å². The molecule has 3 heteroatoms. The minimum absolute atomic E-state index is 0.156. The van der Waals surface area contributed by atoms with Crippen molar-refractivity contribution in [1.29, 1.82) is 0 Å². The number of nitrogens with zero attached hydrogens (tertiary/aromatic N) is 1. The van der Waals surface area contributed by atoms with Gasteiger partial charge in [-0.2, -0.15) is 0 Å². The number of hydrogen-bond donors (Lipinski definition) is 1. The summed E-state index contributed by atoms with van der Waals surface area (Å²) in [6, 6.07) is 10.2. The van der Waals surface area contributed by atoms with Gasteiger partial charge in [-0.1, -0.05) is 31.4 Å². The Morgan fingerprint density at radius 3 is 2.65 bits per heavy atom. The number of benzene rings is 2. The molecular formula is C17H18N2O. The maximum atomic E-state index is 12.8. The van der Waals surface area contributed by atoms with Crippen molar-refractivity contribution >= 4 is 28.1 Å². The average molecular weight is 266 g/mol. The Kier molecular flexibility index (Phi) is 2.49. The van der Waals surface area contributed by atoms with Crippen molar-refractivity contribution in [1.82, 2.24) is 0 Å². The summed E-state index contributed by atoms with van der Waals surface area (Å²) in [5, 5.41) is 2.05. The van der Waals surface area contributed by atoms with E-state index in [0.29, 0.717) is 6.04 Å². The highest BCUT2D eigenvalue weighted by Crippen LogP contribution is 2.42. The van der Waals surface area contributed by atoms with Crippen molar-refractivity contribution in [2.45, 2.75) is 38.1 Å². The zero-order valence-electron chi connectivity index (χ0n) is 11.4. The predicted molar refractivity (Wildman–Crippen MR) is 82.0 cm³/mol. The lowest BCUT2D eigenvalue weighted by Gasteiger charge is -2.31. The Morgan fingerprint density at radius 1 is 1.05 bits per heavy atom. The summed E-state index contributed by atoms with van der Waals surface area (Å²) in [7, 11) is 0. The first kappa shape index (κ1) is 11.8. The van der Waals surface area contributed by atoms with Crippen molar-refractivity contribution in [2.24, 2.45) is 0 Å². The van der Waals surface area contributed by atoms with Crippen molar-refractivity contribution in [3.63, 3.8) is 0 Å². The second-order valence-corrected chi connectivity index (χ2v) is 5.87. The molecule has 1 fully saturated rings. The van der Waals surface area contributed by atoms with Crippen LogP contribution >= 0.6 is 0 Å². The Balaban J connectivity index is 1.91. The molecule has 0 unspecified atom stereocenters. The molecule has 1 amide bonds. The SMILES string of the molecule is Nc1ccc2c3c(cccc13)C(=O)N2C1CCCCC1. The molecule has 0 radical (unpaired) electrons. The molecule has 1 saturated carbocycles. The minimum Gasteiger partial charge on any atom is -0.398 e. The van der Waals surface area contributed by atoms with Crippen molar-refractivity contribution < 1.29 is 4.79 Å². The van der Waals surface area contributed by atoms with Gasteiger partial charge in [-0.3, -0.25) is 4.79 Å². The zero-order chi connectivity index (χ0) is 13.7. The van der Waals surface area contributed by atoms with E-state index in [2.05, 4.69) is 0 Å². The first-order valence-electron chi connectivity index (χ1n) is 7.42. The Labute approximate surface area is 118 Å². The van der Waals surface area contributed by atoms with Crippen molar-refractivity contribution in [2.75, 3.05) is 10.6 Å². The van der Waals surface area contributed by atoms with Crippen molar-refractivity contribution in [3.05, 3.63) is 35.9 Å². The highest BCUT2D eigenvalue weighted by Gasteiger charge is 2.35. The molecule has 102 valence electrons. The number of carbonyl (C=O) groups excluding carboxylic acids is 1. The first-order valence-corrected chi connectivity index (χ1v) is 7.42. The van der Waals surface area contributed by atoms with E-state index in [4.69, 9.17) is 5.73 Å². The third kappa shape index (κ3) is 1.49. The van der Waals surface area contributed by atoms with Gasteiger partial charge in [0.1, 0.15) is 0 Å². The van der Waals surface area contributed by atoms with Gasteiger partial charge in [-0.25, -0.2) is 0 Å². The quantitative estimate of drug-likeness (QED) is 0.800. The number of rotatable bonds is 1. The minimum atomic E-state index is 0.156. The molecule has 1 aliphatic carbocycles. The molecule has 4 rings (SSSR count). The van der Waals surface area contributed by atoms with Gasteiger partial charge in [0.2, 0.25) is 0 Å². The predicted octanol–water partition coefficient (Wildman–Crippen LogP) is 3.71. The highest BCUT2D eigenvalue weighted by molar-refractivity contribution is 6.26. The van der Waals surface area contributed by atoms with Crippen LogP contribution in [0.5, 0.6) is 0 Å². The number of nitrogens with two attached hydrogens (primary N) is 1. The highest BCUT2D eigenvalue weighted by atomic mass is 16.2. The molecule has 2 aromatic carbocycles. The first-order chi connectivity index (χ1) is 9.77. The summed E-state index contributed by atoms with van der Waals surface area (Å²) in [5.41, 5.74) is 8.69. The lowest BCUT2D eigenvalue weighted by Crippen LogP contribution is -2.39. The van der Waals surface area contributed by atoms with Gasteiger partial charge >= 0.3 is 0 Å². The number of anilines is 2. The smallest absolute Gasteiger partial charge is 0.259 e. The van der Waals surface area contributed by atoms with E-state index in [1.54, 1.807) is 0 Å². The van der Waals surface area contributed by atoms with Crippen molar-refractivity contribution in [3.8, 4) is 0 Å². The summed E-state index contributed by atoms with van der Waals surface area (Å²) in [6.45, 7) is 0. The summed E-state index contributed by atoms with van der Waals surface area (Å²) in [6.07, 6.45) is 5.98. The molecule has 0 saturated heterocycles. The Hall–Kier alpha value is -2.03. The van der Waals surface area contributed by atoms with Gasteiger partial charge < -0.3 is 10.6 Å².